The molecule has 182 valence electrons. The van der Waals surface area contributed by atoms with Gasteiger partial charge in [-0.05, 0) is 73.9 Å². The molecule has 1 heterocycles. The van der Waals surface area contributed by atoms with Gasteiger partial charge in [0.2, 0.25) is 10.0 Å². The van der Waals surface area contributed by atoms with Crippen LogP contribution in [0.1, 0.15) is 31.4 Å². The number of benzene rings is 3. The second kappa shape index (κ2) is 9.22. The first-order chi connectivity index (χ1) is 16.7. The van der Waals surface area contributed by atoms with Crippen LogP contribution in [0.4, 0.5) is 8.78 Å². The third-order valence-electron chi connectivity index (χ3n) is 5.91. The normalized spacial score (nSPS) is 15.8. The maximum absolute atomic E-state index is 13.6. The summed E-state index contributed by atoms with van der Waals surface area (Å²) < 4.78 is 62.6. The largest absolute Gasteiger partial charge is 0.482 e. The molecule has 0 bridgehead atoms. The number of hydrogen-bond donors (Lipinski definition) is 1. The third-order valence-corrected chi connectivity index (χ3v) is 8.26. The number of ether oxygens (including phenoxy) is 1. The Balaban J connectivity index is 1.49. The quantitative estimate of drug-likeness (QED) is 0.333. The Morgan fingerprint density at radius 2 is 1.69 bits per heavy atom. The zero-order valence-corrected chi connectivity index (χ0v) is 20.2. The fourth-order valence-corrected chi connectivity index (χ4v) is 5.74. The number of halogens is 3. The summed E-state index contributed by atoms with van der Waals surface area (Å²) in [6.45, 7) is 1.70. The minimum Gasteiger partial charge on any atom is -0.482 e. The fraction of sp³-hybridized carbons (Fsp3) is 0.240. The lowest BCUT2D eigenvalue weighted by atomic mass is 10.0. The number of nitrogens with zero attached hydrogens (tertiary/aromatic N) is 2. The van der Waals surface area contributed by atoms with E-state index in [1.165, 1.54) is 24.3 Å². The summed E-state index contributed by atoms with van der Waals surface area (Å²) in [6, 6.07) is 14.4. The summed E-state index contributed by atoms with van der Waals surface area (Å²) in [5, 5.41) is 4.99. The van der Waals surface area contributed by atoms with Gasteiger partial charge in [0.15, 0.2) is 0 Å². The Morgan fingerprint density at radius 1 is 1.06 bits per heavy atom. The van der Waals surface area contributed by atoms with Crippen molar-refractivity contribution in [3.8, 4) is 11.4 Å². The first-order valence-electron chi connectivity index (χ1n) is 11.1. The minimum atomic E-state index is -3.49. The number of sulfonamides is 1. The summed E-state index contributed by atoms with van der Waals surface area (Å²) in [5.41, 5.74) is 1.95. The second-order valence-electron chi connectivity index (χ2n) is 8.62. The summed E-state index contributed by atoms with van der Waals surface area (Å²) in [5.74, 6) is -0.437. The molecule has 1 fully saturated rings. The fourth-order valence-electron chi connectivity index (χ4n) is 3.95. The van der Waals surface area contributed by atoms with E-state index in [0.717, 1.165) is 5.39 Å². The molecule has 1 N–H and O–H groups in total. The van der Waals surface area contributed by atoms with Crippen LogP contribution in [0.5, 0.6) is 5.75 Å². The van der Waals surface area contributed by atoms with Gasteiger partial charge >= 0.3 is 0 Å². The molecule has 1 aliphatic carbocycles. The Labute approximate surface area is 206 Å². The van der Waals surface area contributed by atoms with E-state index in [-0.39, 0.29) is 10.8 Å². The molecule has 1 aliphatic rings. The Hall–Kier alpha value is -3.01. The van der Waals surface area contributed by atoms with Crippen molar-refractivity contribution in [3.63, 3.8) is 0 Å². The van der Waals surface area contributed by atoms with Crippen LogP contribution < -0.4 is 9.46 Å². The van der Waals surface area contributed by atoms with Crippen molar-refractivity contribution in [1.29, 1.82) is 0 Å². The second-order valence-corrected chi connectivity index (χ2v) is 11.0. The van der Waals surface area contributed by atoms with Crippen molar-refractivity contribution in [2.75, 3.05) is 0 Å². The zero-order valence-electron chi connectivity index (χ0n) is 18.7. The number of rotatable bonds is 8. The summed E-state index contributed by atoms with van der Waals surface area (Å²) in [6.07, 6.45) is 2.12. The van der Waals surface area contributed by atoms with Crippen LogP contribution >= 0.6 is 11.6 Å². The molecule has 0 radical (unpaired) electrons. The molecule has 0 spiro atoms. The van der Waals surface area contributed by atoms with Crippen molar-refractivity contribution >= 4 is 32.5 Å². The first-order valence-corrected chi connectivity index (χ1v) is 13.0. The third kappa shape index (κ3) is 5.03. The van der Waals surface area contributed by atoms with Crippen molar-refractivity contribution in [2.24, 2.45) is 0 Å². The molecule has 3 aromatic carbocycles. The molecule has 0 aliphatic heterocycles. The number of hydrogen-bond acceptors (Lipinski definition) is 4. The van der Waals surface area contributed by atoms with Gasteiger partial charge in [0.25, 0.3) is 0 Å². The maximum Gasteiger partial charge on any atom is 0.214 e. The highest BCUT2D eigenvalue weighted by atomic mass is 35.5. The van der Waals surface area contributed by atoms with Crippen LogP contribution in [0.2, 0.25) is 5.02 Å². The summed E-state index contributed by atoms with van der Waals surface area (Å²) in [4.78, 5) is 0. The summed E-state index contributed by atoms with van der Waals surface area (Å²) in [7, 11) is -3.49. The molecule has 5 rings (SSSR count). The van der Waals surface area contributed by atoms with E-state index in [0.29, 0.717) is 35.4 Å². The van der Waals surface area contributed by atoms with Gasteiger partial charge in [0.05, 0.1) is 33.7 Å². The van der Waals surface area contributed by atoms with E-state index in [1.54, 1.807) is 54.2 Å². The molecule has 0 amide bonds. The average Bonchev–Trinajstić information content (AvgIpc) is 3.61. The van der Waals surface area contributed by atoms with Gasteiger partial charge in [-0.3, -0.25) is 0 Å². The molecule has 0 saturated heterocycles. The molecule has 10 heteroatoms. The molecule has 4 aromatic rings. The van der Waals surface area contributed by atoms with E-state index in [9.17, 15) is 17.2 Å². The first kappa shape index (κ1) is 23.7. The van der Waals surface area contributed by atoms with Gasteiger partial charge in [-0.1, -0.05) is 23.7 Å². The van der Waals surface area contributed by atoms with Crippen LogP contribution in [0, 0.1) is 11.6 Å². The van der Waals surface area contributed by atoms with Crippen molar-refractivity contribution in [1.82, 2.24) is 14.5 Å². The van der Waals surface area contributed by atoms with E-state index >= 15 is 0 Å². The summed E-state index contributed by atoms with van der Waals surface area (Å²) >= 11 is 6.58. The van der Waals surface area contributed by atoms with E-state index < -0.39 is 33.2 Å². The highest BCUT2D eigenvalue weighted by Crippen LogP contribution is 2.36. The highest BCUT2D eigenvalue weighted by Gasteiger charge is 2.38. The number of fused-ring (bicyclic) bond motifs is 1. The molecule has 35 heavy (non-hydrogen) atoms. The lowest BCUT2D eigenvalue weighted by Gasteiger charge is -2.27. The van der Waals surface area contributed by atoms with Crippen molar-refractivity contribution in [2.45, 2.75) is 37.2 Å². The number of aromatic nitrogens is 2. The van der Waals surface area contributed by atoms with E-state index in [2.05, 4.69) is 9.82 Å². The zero-order chi connectivity index (χ0) is 24.7. The lowest BCUT2D eigenvalue weighted by molar-refractivity contribution is 0.173. The van der Waals surface area contributed by atoms with Crippen LogP contribution in [0.25, 0.3) is 16.6 Å². The topological polar surface area (TPSA) is 73.2 Å². The minimum absolute atomic E-state index is 0.283. The van der Waals surface area contributed by atoms with Crippen molar-refractivity contribution < 1.29 is 21.9 Å². The van der Waals surface area contributed by atoms with E-state index in [4.69, 9.17) is 16.3 Å². The standard InChI is InChI=1S/C25H22ClF2N3O3S/c1-15(30-35(32,33)21-10-11-21)25(16-2-4-18(27)5-3-16)34-24-12-17-14-29-31(23(17)13-22(24)26)20-8-6-19(28)7-9-20/h2-9,12-15,21,25,30H,10-11H2,1H3/t15?,25-/m0/s1. The van der Waals surface area contributed by atoms with Crippen molar-refractivity contribution in [3.05, 3.63) is 89.1 Å². The average molecular weight is 518 g/mol. The van der Waals surface area contributed by atoms with Crippen LogP contribution in [0.3, 0.4) is 0 Å². The molecule has 2 atom stereocenters. The smallest absolute Gasteiger partial charge is 0.214 e. The van der Waals surface area contributed by atoms with E-state index in [1.807, 2.05) is 0 Å². The molecule has 1 aromatic heterocycles. The molecular weight excluding hydrogens is 496 g/mol. The molecule has 1 unspecified atom stereocenters. The van der Waals surface area contributed by atoms with Gasteiger partial charge in [-0.15, -0.1) is 0 Å². The van der Waals surface area contributed by atoms with Gasteiger partial charge in [-0.25, -0.2) is 26.6 Å². The Bertz CT molecular complexity index is 1470. The molecular formula is C25H22ClF2N3O3S. The molecule has 6 nitrogen and oxygen atoms in total. The Kier molecular flexibility index (Phi) is 6.25. The van der Waals surface area contributed by atoms with Crippen LogP contribution in [0.15, 0.2) is 66.9 Å². The van der Waals surface area contributed by atoms with Gasteiger partial charge in [-0.2, -0.15) is 5.10 Å². The van der Waals surface area contributed by atoms with Gasteiger partial charge in [0.1, 0.15) is 23.5 Å². The predicted octanol–water partition coefficient (Wildman–Crippen LogP) is 5.55. The van der Waals surface area contributed by atoms with Crippen LogP contribution in [-0.2, 0) is 10.0 Å². The van der Waals surface area contributed by atoms with Gasteiger partial charge in [0, 0.05) is 5.39 Å². The predicted molar refractivity (Wildman–Crippen MR) is 130 cm³/mol. The van der Waals surface area contributed by atoms with Gasteiger partial charge < -0.3 is 4.74 Å². The monoisotopic (exact) mass is 517 g/mol. The number of nitrogens with one attached hydrogen (secondary N) is 1. The highest BCUT2D eigenvalue weighted by molar-refractivity contribution is 7.90. The maximum atomic E-state index is 13.6. The Morgan fingerprint density at radius 3 is 2.31 bits per heavy atom. The molecule has 1 saturated carbocycles. The van der Waals surface area contributed by atoms with Crippen LogP contribution in [-0.4, -0.2) is 29.5 Å². The SMILES string of the molecule is CC(NS(=O)(=O)C1CC1)[C@H](Oc1cc2cnn(-c3ccc(F)cc3)c2cc1Cl)c1ccc(F)cc1. The lowest BCUT2D eigenvalue weighted by Crippen LogP contribution is -2.40.